The Hall–Kier alpha value is -3.33. The lowest BCUT2D eigenvalue weighted by Crippen LogP contribution is -2.38. The van der Waals surface area contributed by atoms with Gasteiger partial charge in [-0.1, -0.05) is 12.1 Å². The van der Waals surface area contributed by atoms with E-state index < -0.39 is 11.2 Å². The fourth-order valence-electron chi connectivity index (χ4n) is 5.58. The summed E-state index contributed by atoms with van der Waals surface area (Å²) in [4.78, 5) is 31.1. The number of aromatic nitrogens is 2. The van der Waals surface area contributed by atoms with Crippen LogP contribution in [-0.4, -0.2) is 55.4 Å². The van der Waals surface area contributed by atoms with Gasteiger partial charge in [0.2, 0.25) is 5.75 Å². The van der Waals surface area contributed by atoms with Crippen LogP contribution < -0.4 is 25.5 Å². The highest BCUT2D eigenvalue weighted by molar-refractivity contribution is 5.89. The standard InChI is InChI=1S/C25H28FN3O5/c1-32-20-11-18-21(23(34-3)22(20)33-2)27-25(31)29(24(18)30)9-8-28-12-15-10-17(19(15)13-28)14-4-6-16(26)7-5-14/h4-7,11,15,17,19H,8-10,12-13H2,1-3H3,(H,27,31). The average molecular weight is 470 g/mol. The van der Waals surface area contributed by atoms with E-state index in [1.54, 1.807) is 6.07 Å². The first kappa shape index (κ1) is 22.5. The summed E-state index contributed by atoms with van der Waals surface area (Å²) in [5.41, 5.74) is 0.580. The molecule has 2 heterocycles. The van der Waals surface area contributed by atoms with Crippen molar-refractivity contribution in [2.45, 2.75) is 18.9 Å². The molecule has 0 amide bonds. The van der Waals surface area contributed by atoms with E-state index in [2.05, 4.69) is 9.88 Å². The molecule has 1 aliphatic carbocycles. The quantitative estimate of drug-likeness (QED) is 0.573. The molecule has 3 atom stereocenters. The van der Waals surface area contributed by atoms with E-state index in [-0.39, 0.29) is 23.6 Å². The number of benzene rings is 2. The maximum Gasteiger partial charge on any atom is 0.328 e. The van der Waals surface area contributed by atoms with Gasteiger partial charge >= 0.3 is 5.69 Å². The van der Waals surface area contributed by atoms with Crippen LogP contribution in [0.5, 0.6) is 17.2 Å². The van der Waals surface area contributed by atoms with Gasteiger partial charge in [-0.2, -0.15) is 0 Å². The van der Waals surface area contributed by atoms with E-state index in [0.717, 1.165) is 19.5 Å². The molecule has 1 saturated carbocycles. The molecule has 1 aromatic heterocycles. The Kier molecular flexibility index (Phi) is 5.81. The van der Waals surface area contributed by atoms with Crippen LogP contribution in [0.25, 0.3) is 10.9 Å². The van der Waals surface area contributed by atoms with Crippen molar-refractivity contribution in [2.75, 3.05) is 41.0 Å². The molecular weight excluding hydrogens is 441 g/mol. The second kappa shape index (κ2) is 8.79. The molecule has 3 aromatic rings. The zero-order chi connectivity index (χ0) is 24.0. The molecule has 0 radical (unpaired) electrons. The molecule has 2 fully saturated rings. The number of likely N-dealkylation sites (tertiary alicyclic amines) is 1. The number of aromatic amines is 1. The molecule has 1 saturated heterocycles. The molecule has 180 valence electrons. The molecule has 1 aliphatic heterocycles. The summed E-state index contributed by atoms with van der Waals surface area (Å²) in [5.74, 6) is 2.27. The van der Waals surface area contributed by atoms with Crippen molar-refractivity contribution < 1.29 is 18.6 Å². The van der Waals surface area contributed by atoms with Gasteiger partial charge in [0, 0.05) is 26.2 Å². The molecule has 0 bridgehead atoms. The molecule has 9 heteroatoms. The minimum absolute atomic E-state index is 0.215. The van der Waals surface area contributed by atoms with Crippen molar-refractivity contribution in [3.05, 3.63) is 62.6 Å². The predicted molar refractivity (Wildman–Crippen MR) is 126 cm³/mol. The van der Waals surface area contributed by atoms with Crippen molar-refractivity contribution in [1.29, 1.82) is 0 Å². The highest BCUT2D eigenvalue weighted by Gasteiger charge is 2.47. The van der Waals surface area contributed by atoms with Gasteiger partial charge in [-0.3, -0.25) is 9.36 Å². The largest absolute Gasteiger partial charge is 0.493 e. The number of rotatable bonds is 7. The van der Waals surface area contributed by atoms with Crippen LogP contribution >= 0.6 is 0 Å². The van der Waals surface area contributed by atoms with Crippen LogP contribution in [0.1, 0.15) is 17.9 Å². The molecule has 2 aliphatic rings. The van der Waals surface area contributed by atoms with Crippen LogP contribution in [-0.2, 0) is 6.54 Å². The highest BCUT2D eigenvalue weighted by Crippen LogP contribution is 2.51. The number of ether oxygens (including phenoxy) is 3. The first-order valence-electron chi connectivity index (χ1n) is 11.4. The number of halogens is 1. The molecule has 34 heavy (non-hydrogen) atoms. The van der Waals surface area contributed by atoms with Gasteiger partial charge in [0.15, 0.2) is 11.5 Å². The van der Waals surface area contributed by atoms with E-state index in [1.807, 2.05) is 12.1 Å². The van der Waals surface area contributed by atoms with Gasteiger partial charge in [-0.25, -0.2) is 9.18 Å². The monoisotopic (exact) mass is 469 g/mol. The Bertz CT molecular complexity index is 1330. The Morgan fingerprint density at radius 2 is 1.74 bits per heavy atom. The Morgan fingerprint density at radius 1 is 1.00 bits per heavy atom. The summed E-state index contributed by atoms with van der Waals surface area (Å²) in [6, 6.07) is 8.37. The van der Waals surface area contributed by atoms with E-state index in [9.17, 15) is 14.0 Å². The predicted octanol–water partition coefficient (Wildman–Crippen LogP) is 2.59. The van der Waals surface area contributed by atoms with Crippen LogP contribution in [0.15, 0.2) is 39.9 Å². The number of nitrogens with zero attached hydrogens (tertiary/aromatic N) is 2. The van der Waals surface area contributed by atoms with Crippen LogP contribution in [0.4, 0.5) is 4.39 Å². The third-order valence-electron chi connectivity index (χ3n) is 7.36. The number of methoxy groups -OCH3 is 3. The van der Waals surface area contributed by atoms with Gasteiger partial charge < -0.3 is 24.1 Å². The van der Waals surface area contributed by atoms with Crippen LogP contribution in [0.3, 0.4) is 0 Å². The summed E-state index contributed by atoms with van der Waals surface area (Å²) >= 11 is 0. The van der Waals surface area contributed by atoms with Gasteiger partial charge in [0.05, 0.1) is 26.7 Å². The molecule has 8 nitrogen and oxygen atoms in total. The smallest absolute Gasteiger partial charge is 0.328 e. The Balaban J connectivity index is 1.35. The second-order valence-electron chi connectivity index (χ2n) is 9.03. The van der Waals surface area contributed by atoms with E-state index >= 15 is 0 Å². The van der Waals surface area contributed by atoms with E-state index in [4.69, 9.17) is 14.2 Å². The Morgan fingerprint density at radius 3 is 2.41 bits per heavy atom. The first-order valence-corrected chi connectivity index (χ1v) is 11.4. The number of fused-ring (bicyclic) bond motifs is 2. The van der Waals surface area contributed by atoms with Gasteiger partial charge in [0.1, 0.15) is 11.3 Å². The second-order valence-corrected chi connectivity index (χ2v) is 9.03. The molecular formula is C25H28FN3O5. The van der Waals surface area contributed by atoms with E-state index in [1.165, 1.54) is 43.6 Å². The molecule has 2 aromatic carbocycles. The normalized spacial score (nSPS) is 21.8. The number of hydrogen-bond acceptors (Lipinski definition) is 6. The van der Waals surface area contributed by atoms with Crippen molar-refractivity contribution >= 4 is 10.9 Å². The number of hydrogen-bond donors (Lipinski definition) is 1. The minimum Gasteiger partial charge on any atom is -0.493 e. The summed E-state index contributed by atoms with van der Waals surface area (Å²) in [6.45, 7) is 2.73. The van der Waals surface area contributed by atoms with Crippen LogP contribution in [0, 0.1) is 17.7 Å². The summed E-state index contributed by atoms with van der Waals surface area (Å²) in [7, 11) is 4.39. The SMILES string of the molecule is COc1cc2c(=O)n(CCN3CC4CC(c5ccc(F)cc5)C4C3)c(=O)[nH]c2c(OC)c1OC. The van der Waals surface area contributed by atoms with Crippen molar-refractivity contribution in [2.24, 2.45) is 11.8 Å². The molecule has 0 spiro atoms. The number of nitrogens with one attached hydrogen (secondary N) is 1. The summed E-state index contributed by atoms with van der Waals surface area (Å²) in [6.07, 6.45) is 1.09. The van der Waals surface area contributed by atoms with Crippen LogP contribution in [0.2, 0.25) is 0 Å². The lowest BCUT2D eigenvalue weighted by atomic mass is 9.64. The lowest BCUT2D eigenvalue weighted by molar-refractivity contribution is 0.191. The first-order chi connectivity index (χ1) is 16.4. The van der Waals surface area contributed by atoms with Gasteiger partial charge in [-0.15, -0.1) is 0 Å². The van der Waals surface area contributed by atoms with Gasteiger partial charge in [0.25, 0.3) is 5.56 Å². The third kappa shape index (κ3) is 3.64. The van der Waals surface area contributed by atoms with Crippen molar-refractivity contribution in [3.63, 3.8) is 0 Å². The minimum atomic E-state index is -0.491. The average Bonchev–Trinajstić information content (AvgIpc) is 3.14. The zero-order valence-corrected chi connectivity index (χ0v) is 19.5. The Labute approximate surface area is 195 Å². The van der Waals surface area contributed by atoms with Crippen molar-refractivity contribution in [3.8, 4) is 17.2 Å². The van der Waals surface area contributed by atoms with E-state index in [0.29, 0.717) is 41.2 Å². The fourth-order valence-corrected chi connectivity index (χ4v) is 5.58. The lowest BCUT2D eigenvalue weighted by Gasteiger charge is -2.40. The summed E-state index contributed by atoms with van der Waals surface area (Å²) in [5, 5.41) is 0.298. The fraction of sp³-hybridized carbons (Fsp3) is 0.440. The third-order valence-corrected chi connectivity index (χ3v) is 7.36. The number of H-pyrrole nitrogens is 1. The molecule has 1 N–H and O–H groups in total. The summed E-state index contributed by atoms with van der Waals surface area (Å²) < 4.78 is 30.6. The van der Waals surface area contributed by atoms with Crippen molar-refractivity contribution in [1.82, 2.24) is 14.5 Å². The van der Waals surface area contributed by atoms with Gasteiger partial charge in [-0.05, 0) is 47.9 Å². The maximum atomic E-state index is 13.3. The molecule has 3 unspecified atom stereocenters. The zero-order valence-electron chi connectivity index (χ0n) is 19.5. The maximum absolute atomic E-state index is 13.3. The molecule has 5 rings (SSSR count). The topological polar surface area (TPSA) is 85.8 Å². The highest BCUT2D eigenvalue weighted by atomic mass is 19.1.